The van der Waals surface area contributed by atoms with Gasteiger partial charge >= 0.3 is 6.09 Å². The Bertz CT molecular complexity index is 1410. The number of carbonyl (C=O) groups excluding carboxylic acids is 2. The van der Waals surface area contributed by atoms with Gasteiger partial charge in [0, 0.05) is 43.6 Å². The van der Waals surface area contributed by atoms with Crippen molar-refractivity contribution in [3.8, 4) is 0 Å². The summed E-state index contributed by atoms with van der Waals surface area (Å²) in [4.78, 5) is 29.0. The Kier molecular flexibility index (Phi) is 11.4. The number of amides is 2. The van der Waals surface area contributed by atoms with Crippen LogP contribution < -0.4 is 21.7 Å². The Labute approximate surface area is 265 Å². The van der Waals surface area contributed by atoms with Crippen LogP contribution >= 0.6 is 0 Å². The van der Waals surface area contributed by atoms with Gasteiger partial charge in [0.05, 0.1) is 30.8 Å². The van der Waals surface area contributed by atoms with Gasteiger partial charge in [-0.05, 0) is 54.7 Å². The monoisotopic (exact) mass is 641 g/mol. The number of nitrogens with two attached hydrogens (primary N) is 1. The van der Waals surface area contributed by atoms with Crippen LogP contribution in [0.5, 0.6) is 0 Å². The number of hydrogen-bond donors (Lipinski definition) is 4. The molecular weight excluding hydrogens is 603 g/mol. The van der Waals surface area contributed by atoms with Gasteiger partial charge in [-0.25, -0.2) is 18.0 Å². The van der Waals surface area contributed by atoms with Crippen LogP contribution in [0.2, 0.25) is 0 Å². The first kappa shape index (κ1) is 33.2. The topological polar surface area (TPSA) is 137 Å². The van der Waals surface area contributed by atoms with E-state index in [9.17, 15) is 18.4 Å². The maximum absolute atomic E-state index is 15.2. The van der Waals surface area contributed by atoms with Crippen LogP contribution in [0.25, 0.3) is 0 Å². The summed E-state index contributed by atoms with van der Waals surface area (Å²) in [6, 6.07) is 9.99. The van der Waals surface area contributed by atoms with Crippen molar-refractivity contribution in [2.24, 2.45) is 11.7 Å². The standard InChI is InChI=1S/C33H38F3N5O5/c34-23-5-1-21(2-6-23)30(22-3-7-24(35)8-4-22)31(32(37)42)41-29-17-39-16-28(36)27(29)10-9-25-14-38-15-26(46-25)19-45-33(43)40-13-20-11-12-44-18-20/h1-8,16-17,20,25-26,30-31,38,41H,9-15,18-19H2,(H2,37,42)(H,40,43)/t20?,25-,26+,31+/m1/s1. The minimum Gasteiger partial charge on any atom is -0.447 e. The van der Waals surface area contributed by atoms with Crippen molar-refractivity contribution in [2.75, 3.05) is 44.8 Å². The number of benzene rings is 2. The summed E-state index contributed by atoms with van der Waals surface area (Å²) in [5.74, 6) is -2.74. The number of pyridine rings is 1. The van der Waals surface area contributed by atoms with Gasteiger partial charge in [-0.1, -0.05) is 24.3 Å². The number of halogens is 3. The number of morpholine rings is 1. The van der Waals surface area contributed by atoms with E-state index < -0.39 is 41.4 Å². The normalized spacial score (nSPS) is 20.3. The van der Waals surface area contributed by atoms with E-state index in [0.717, 1.165) is 12.6 Å². The molecule has 0 radical (unpaired) electrons. The fourth-order valence-electron chi connectivity index (χ4n) is 5.78. The molecule has 1 unspecified atom stereocenters. The molecular formula is C33H38F3N5O5. The average Bonchev–Trinajstić information content (AvgIpc) is 3.58. The lowest BCUT2D eigenvalue weighted by molar-refractivity contribution is -0.119. The lowest BCUT2D eigenvalue weighted by Crippen LogP contribution is -2.47. The predicted molar refractivity (Wildman–Crippen MR) is 164 cm³/mol. The first-order valence-corrected chi connectivity index (χ1v) is 15.3. The summed E-state index contributed by atoms with van der Waals surface area (Å²) in [7, 11) is 0. The number of alkyl carbamates (subject to hydrolysis) is 1. The van der Waals surface area contributed by atoms with Crippen LogP contribution in [0.4, 0.5) is 23.7 Å². The summed E-state index contributed by atoms with van der Waals surface area (Å²) in [5.41, 5.74) is 7.50. The van der Waals surface area contributed by atoms with Crippen molar-refractivity contribution in [1.82, 2.24) is 15.6 Å². The van der Waals surface area contributed by atoms with Crippen molar-refractivity contribution < 1.29 is 37.0 Å². The van der Waals surface area contributed by atoms with E-state index in [1.807, 2.05) is 0 Å². The molecule has 2 aromatic carbocycles. The van der Waals surface area contributed by atoms with Gasteiger partial charge in [0.15, 0.2) is 0 Å². The molecule has 0 bridgehead atoms. The Morgan fingerprint density at radius 1 is 1.00 bits per heavy atom. The average molecular weight is 642 g/mol. The van der Waals surface area contributed by atoms with Crippen molar-refractivity contribution in [3.63, 3.8) is 0 Å². The highest BCUT2D eigenvalue weighted by Crippen LogP contribution is 2.32. The lowest BCUT2D eigenvalue weighted by Gasteiger charge is -2.31. The number of anilines is 1. The quantitative estimate of drug-likeness (QED) is 0.222. The molecule has 3 aromatic rings. The summed E-state index contributed by atoms with van der Waals surface area (Å²) in [6.07, 6.45) is 2.83. The molecule has 0 saturated carbocycles. The van der Waals surface area contributed by atoms with E-state index in [0.29, 0.717) is 50.4 Å². The second kappa shape index (κ2) is 15.9. The number of primary amides is 1. The number of hydrogen-bond acceptors (Lipinski definition) is 8. The molecule has 2 aliphatic rings. The van der Waals surface area contributed by atoms with Gasteiger partial charge in [0.2, 0.25) is 5.91 Å². The summed E-state index contributed by atoms with van der Waals surface area (Å²) < 4.78 is 59.6. The Balaban J connectivity index is 1.25. The maximum atomic E-state index is 15.2. The van der Waals surface area contributed by atoms with Gasteiger partial charge in [-0.2, -0.15) is 0 Å². The van der Waals surface area contributed by atoms with Crippen molar-refractivity contribution in [2.45, 2.75) is 43.4 Å². The lowest BCUT2D eigenvalue weighted by atomic mass is 9.84. The van der Waals surface area contributed by atoms with Crippen LogP contribution in [-0.2, 0) is 25.4 Å². The van der Waals surface area contributed by atoms with Gasteiger partial charge in [-0.3, -0.25) is 9.78 Å². The first-order valence-electron chi connectivity index (χ1n) is 15.3. The SMILES string of the molecule is NC(=O)[C@@H](Nc1cncc(F)c1CC[C@@H]1CNC[C@@H](COC(=O)NCC2CCOC2)O1)C(c1ccc(F)cc1)c1ccc(F)cc1. The Morgan fingerprint density at radius 2 is 1.67 bits per heavy atom. The third-order valence-corrected chi connectivity index (χ3v) is 8.22. The number of aromatic nitrogens is 1. The van der Waals surface area contributed by atoms with Crippen LogP contribution in [0.1, 0.15) is 35.4 Å². The molecule has 1 aromatic heterocycles. The zero-order chi connectivity index (χ0) is 32.5. The Morgan fingerprint density at radius 3 is 2.30 bits per heavy atom. The third-order valence-electron chi connectivity index (χ3n) is 8.22. The highest BCUT2D eigenvalue weighted by Gasteiger charge is 2.31. The van der Waals surface area contributed by atoms with Gasteiger partial charge in [0.1, 0.15) is 36.2 Å². The van der Waals surface area contributed by atoms with Crippen molar-refractivity contribution in [1.29, 1.82) is 0 Å². The molecule has 13 heteroatoms. The number of nitrogens with zero attached hydrogens (tertiary/aromatic N) is 1. The number of nitrogens with one attached hydrogen (secondary N) is 3. The zero-order valence-corrected chi connectivity index (χ0v) is 25.2. The fraction of sp³-hybridized carbons (Fsp3) is 0.424. The number of ether oxygens (including phenoxy) is 3. The fourth-order valence-corrected chi connectivity index (χ4v) is 5.78. The zero-order valence-electron chi connectivity index (χ0n) is 25.2. The highest BCUT2D eigenvalue weighted by molar-refractivity contribution is 5.85. The number of rotatable bonds is 13. The molecule has 5 rings (SSSR count). The molecule has 4 atom stereocenters. The maximum Gasteiger partial charge on any atom is 0.407 e. The third kappa shape index (κ3) is 8.95. The summed E-state index contributed by atoms with van der Waals surface area (Å²) >= 11 is 0. The smallest absolute Gasteiger partial charge is 0.407 e. The minimum atomic E-state index is -1.13. The molecule has 0 spiro atoms. The van der Waals surface area contributed by atoms with Crippen molar-refractivity contribution >= 4 is 17.7 Å². The molecule has 5 N–H and O–H groups in total. The second-order valence-corrected chi connectivity index (χ2v) is 11.5. The minimum absolute atomic E-state index is 0.0569. The second-order valence-electron chi connectivity index (χ2n) is 11.5. The summed E-state index contributed by atoms with van der Waals surface area (Å²) in [5, 5.41) is 9.10. The van der Waals surface area contributed by atoms with Crippen LogP contribution in [0, 0.1) is 23.4 Å². The predicted octanol–water partition coefficient (Wildman–Crippen LogP) is 3.65. The molecule has 246 valence electrons. The molecule has 2 amide bonds. The van der Waals surface area contributed by atoms with E-state index in [1.54, 1.807) is 0 Å². The van der Waals surface area contributed by atoms with E-state index >= 15 is 4.39 Å². The first-order chi connectivity index (χ1) is 22.3. The van der Waals surface area contributed by atoms with Crippen molar-refractivity contribution in [3.05, 3.63) is 95.1 Å². The number of carbonyl (C=O) groups is 2. The summed E-state index contributed by atoms with van der Waals surface area (Å²) in [6.45, 7) is 2.88. The molecule has 46 heavy (non-hydrogen) atoms. The van der Waals surface area contributed by atoms with E-state index in [1.165, 1.54) is 54.7 Å². The van der Waals surface area contributed by atoms with Crippen LogP contribution in [-0.4, -0.2) is 74.7 Å². The Hall–Kier alpha value is -4.20. The molecule has 2 aliphatic heterocycles. The largest absolute Gasteiger partial charge is 0.447 e. The molecule has 2 fully saturated rings. The van der Waals surface area contributed by atoms with Crippen LogP contribution in [0.15, 0.2) is 60.9 Å². The molecule has 0 aliphatic carbocycles. The van der Waals surface area contributed by atoms with E-state index in [2.05, 4.69) is 20.9 Å². The van der Waals surface area contributed by atoms with E-state index in [4.69, 9.17) is 19.9 Å². The van der Waals surface area contributed by atoms with E-state index in [-0.39, 0.29) is 42.4 Å². The molecule has 2 saturated heterocycles. The van der Waals surface area contributed by atoms with Crippen LogP contribution in [0.3, 0.4) is 0 Å². The highest BCUT2D eigenvalue weighted by atomic mass is 19.1. The molecule has 3 heterocycles. The molecule has 10 nitrogen and oxygen atoms in total. The van der Waals surface area contributed by atoms with Gasteiger partial charge < -0.3 is 35.9 Å². The van der Waals surface area contributed by atoms with Gasteiger partial charge in [0.25, 0.3) is 0 Å². The van der Waals surface area contributed by atoms with Gasteiger partial charge in [-0.15, -0.1) is 0 Å².